The van der Waals surface area contributed by atoms with Crippen molar-refractivity contribution < 1.29 is 23.9 Å². The Morgan fingerprint density at radius 2 is 2.00 bits per heavy atom. The number of nitrogens with one attached hydrogen (secondary N) is 1. The van der Waals surface area contributed by atoms with Crippen LogP contribution in [-0.2, 0) is 4.79 Å². The molecule has 1 atom stereocenters. The Hall–Kier alpha value is -3.15. The molecule has 1 unspecified atom stereocenters. The molecule has 122 valence electrons. The number of hydrogen-bond donors (Lipinski definition) is 1. The van der Waals surface area contributed by atoms with Crippen molar-refractivity contribution in [2.24, 2.45) is 0 Å². The maximum absolute atomic E-state index is 12.2. The largest absolute Gasteiger partial charge is 0.485 e. The molecule has 24 heavy (non-hydrogen) atoms. The van der Waals surface area contributed by atoms with E-state index in [4.69, 9.17) is 9.47 Å². The third-order valence-electron chi connectivity index (χ3n) is 3.62. The fourth-order valence-electron chi connectivity index (χ4n) is 2.26. The molecule has 0 bridgehead atoms. The highest BCUT2D eigenvalue weighted by Crippen LogP contribution is 2.30. The average Bonchev–Trinajstić information content (AvgIpc) is 2.60. The summed E-state index contributed by atoms with van der Waals surface area (Å²) in [7, 11) is 0. The van der Waals surface area contributed by atoms with Crippen molar-refractivity contribution in [3.8, 4) is 11.5 Å². The number of amides is 1. The van der Waals surface area contributed by atoms with Gasteiger partial charge in [0.1, 0.15) is 17.8 Å². The fourth-order valence-corrected chi connectivity index (χ4v) is 2.26. The van der Waals surface area contributed by atoms with Gasteiger partial charge in [-0.15, -0.1) is 0 Å². The quantitative estimate of drug-likeness (QED) is 0.674. The zero-order valence-electron chi connectivity index (χ0n) is 12.9. The molecule has 6 heteroatoms. The van der Waals surface area contributed by atoms with Gasteiger partial charge in [-0.25, -0.2) is 0 Å². The van der Waals surface area contributed by atoms with Crippen molar-refractivity contribution in [2.75, 3.05) is 11.9 Å². The molecule has 1 N–H and O–H groups in total. The summed E-state index contributed by atoms with van der Waals surface area (Å²) in [4.78, 5) is 34.5. The summed E-state index contributed by atoms with van der Waals surface area (Å²) >= 11 is 0. The zero-order chi connectivity index (χ0) is 17.1. The number of ether oxygens (including phenoxy) is 2. The molecule has 0 saturated heterocycles. The summed E-state index contributed by atoms with van der Waals surface area (Å²) in [6, 6.07) is 11.3. The second-order valence-electron chi connectivity index (χ2n) is 5.36. The summed E-state index contributed by atoms with van der Waals surface area (Å²) in [5.41, 5.74) is 1.42. The number of carbonyl (C=O) groups is 3. The number of rotatable bonds is 5. The minimum atomic E-state index is -0.559. The highest BCUT2D eigenvalue weighted by atomic mass is 16.5. The van der Waals surface area contributed by atoms with Gasteiger partial charge in [-0.1, -0.05) is 0 Å². The third kappa shape index (κ3) is 3.27. The van der Waals surface area contributed by atoms with Crippen LogP contribution >= 0.6 is 0 Å². The second kappa shape index (κ2) is 6.54. The lowest BCUT2D eigenvalue weighted by atomic mass is 10.1. The predicted molar refractivity (Wildman–Crippen MR) is 86.8 cm³/mol. The standard InChI is InChI=1S/C18H15NO5/c1-11-18(22)19-15-8-13(4-7-17(15)24-11)16(21)10-23-14-5-2-12(9-20)3-6-14/h2-9,11H,10H2,1H3,(H,19,22). The number of hydrogen-bond acceptors (Lipinski definition) is 5. The lowest BCUT2D eigenvalue weighted by Crippen LogP contribution is -2.34. The van der Waals surface area contributed by atoms with Gasteiger partial charge in [0.2, 0.25) is 0 Å². The van der Waals surface area contributed by atoms with Crippen molar-refractivity contribution >= 4 is 23.7 Å². The van der Waals surface area contributed by atoms with Gasteiger partial charge in [-0.2, -0.15) is 0 Å². The fraction of sp³-hybridized carbons (Fsp3) is 0.167. The van der Waals surface area contributed by atoms with E-state index in [0.29, 0.717) is 28.3 Å². The van der Waals surface area contributed by atoms with Crippen molar-refractivity contribution in [2.45, 2.75) is 13.0 Å². The minimum absolute atomic E-state index is 0.148. The molecule has 1 aliphatic rings. The molecule has 0 fully saturated rings. The van der Waals surface area contributed by atoms with Gasteiger partial charge in [0.05, 0.1) is 5.69 Å². The molecule has 0 radical (unpaired) electrons. The number of carbonyl (C=O) groups excluding carboxylic acids is 3. The van der Waals surface area contributed by atoms with Crippen LogP contribution in [0.3, 0.4) is 0 Å². The molecule has 6 nitrogen and oxygen atoms in total. The van der Waals surface area contributed by atoms with Gasteiger partial charge in [0.15, 0.2) is 18.5 Å². The minimum Gasteiger partial charge on any atom is -0.485 e. The molecule has 2 aromatic rings. The smallest absolute Gasteiger partial charge is 0.265 e. The van der Waals surface area contributed by atoms with E-state index in [1.165, 1.54) is 0 Å². The van der Waals surface area contributed by atoms with Crippen molar-refractivity contribution in [1.29, 1.82) is 0 Å². The monoisotopic (exact) mass is 325 g/mol. The third-order valence-corrected chi connectivity index (χ3v) is 3.62. The molecule has 1 heterocycles. The van der Waals surface area contributed by atoms with Gasteiger partial charge in [-0.3, -0.25) is 14.4 Å². The Bertz CT molecular complexity index is 798. The van der Waals surface area contributed by atoms with Crippen LogP contribution in [0, 0.1) is 0 Å². The maximum atomic E-state index is 12.2. The van der Waals surface area contributed by atoms with Crippen LogP contribution in [0.5, 0.6) is 11.5 Å². The summed E-state index contributed by atoms with van der Waals surface area (Å²) < 4.78 is 10.9. The highest BCUT2D eigenvalue weighted by molar-refractivity contribution is 6.02. The summed E-state index contributed by atoms with van der Waals surface area (Å²) in [5.74, 6) is 0.546. The van der Waals surface area contributed by atoms with E-state index < -0.39 is 6.10 Å². The Morgan fingerprint density at radius 1 is 1.25 bits per heavy atom. The van der Waals surface area contributed by atoms with Gasteiger partial charge >= 0.3 is 0 Å². The first-order chi connectivity index (χ1) is 11.6. The molecule has 0 aromatic heterocycles. The number of fused-ring (bicyclic) bond motifs is 1. The van der Waals surface area contributed by atoms with E-state index in [1.807, 2.05) is 0 Å². The molecule has 2 aromatic carbocycles. The molecule has 3 rings (SSSR count). The van der Waals surface area contributed by atoms with Crippen molar-refractivity contribution in [3.05, 3.63) is 53.6 Å². The van der Waals surface area contributed by atoms with E-state index in [1.54, 1.807) is 49.4 Å². The van der Waals surface area contributed by atoms with Crippen LogP contribution in [0.1, 0.15) is 27.6 Å². The molecular weight excluding hydrogens is 310 g/mol. The maximum Gasteiger partial charge on any atom is 0.265 e. The molecule has 0 saturated carbocycles. The topological polar surface area (TPSA) is 81.7 Å². The van der Waals surface area contributed by atoms with Crippen molar-refractivity contribution in [3.63, 3.8) is 0 Å². The summed E-state index contributed by atoms with van der Waals surface area (Å²) in [5, 5.41) is 2.70. The number of aldehydes is 1. The normalized spacial score (nSPS) is 15.7. The first-order valence-electron chi connectivity index (χ1n) is 7.39. The van der Waals surface area contributed by atoms with E-state index in [-0.39, 0.29) is 18.3 Å². The van der Waals surface area contributed by atoms with E-state index in [2.05, 4.69) is 5.32 Å². The average molecular weight is 325 g/mol. The van der Waals surface area contributed by atoms with E-state index in [0.717, 1.165) is 6.29 Å². The Morgan fingerprint density at radius 3 is 2.71 bits per heavy atom. The van der Waals surface area contributed by atoms with Gasteiger partial charge in [0.25, 0.3) is 5.91 Å². The molecule has 0 spiro atoms. The van der Waals surface area contributed by atoms with Crippen LogP contribution in [0.2, 0.25) is 0 Å². The number of benzene rings is 2. The highest BCUT2D eigenvalue weighted by Gasteiger charge is 2.24. The molecule has 1 amide bonds. The second-order valence-corrected chi connectivity index (χ2v) is 5.36. The number of ketones is 1. The lowest BCUT2D eigenvalue weighted by molar-refractivity contribution is -0.122. The SMILES string of the molecule is CC1Oc2ccc(C(=O)COc3ccc(C=O)cc3)cc2NC1=O. The van der Waals surface area contributed by atoms with Gasteiger partial charge < -0.3 is 14.8 Å². The van der Waals surface area contributed by atoms with Crippen molar-refractivity contribution in [1.82, 2.24) is 0 Å². The summed E-state index contributed by atoms with van der Waals surface area (Å²) in [6.45, 7) is 1.51. The number of Topliss-reactive ketones (excluding diaryl/α,β-unsaturated/α-hetero) is 1. The first-order valence-corrected chi connectivity index (χ1v) is 7.39. The van der Waals surface area contributed by atoms with Crippen LogP contribution < -0.4 is 14.8 Å². The van der Waals surface area contributed by atoms with Gasteiger partial charge in [0, 0.05) is 11.1 Å². The molecule has 0 aliphatic carbocycles. The molecular formula is C18H15NO5. The van der Waals surface area contributed by atoms with Crippen LogP contribution in [0.15, 0.2) is 42.5 Å². The zero-order valence-corrected chi connectivity index (χ0v) is 12.9. The van der Waals surface area contributed by atoms with E-state index in [9.17, 15) is 14.4 Å². The Kier molecular flexibility index (Phi) is 4.29. The van der Waals surface area contributed by atoms with Crippen LogP contribution in [-0.4, -0.2) is 30.7 Å². The predicted octanol–water partition coefficient (Wildman–Crippen LogP) is 2.48. The van der Waals surface area contributed by atoms with Crippen LogP contribution in [0.4, 0.5) is 5.69 Å². The Balaban J connectivity index is 1.68. The lowest BCUT2D eigenvalue weighted by Gasteiger charge is -2.23. The van der Waals surface area contributed by atoms with Crippen LogP contribution in [0.25, 0.3) is 0 Å². The first kappa shape index (κ1) is 15.7. The molecule has 1 aliphatic heterocycles. The Labute approximate surface area is 138 Å². The van der Waals surface area contributed by atoms with E-state index >= 15 is 0 Å². The number of anilines is 1. The summed E-state index contributed by atoms with van der Waals surface area (Å²) in [6.07, 6.45) is 0.177. The van der Waals surface area contributed by atoms with Gasteiger partial charge in [-0.05, 0) is 49.4 Å².